The number of thioether (sulfide) groups is 2. The minimum Gasteiger partial charge on any atom is -0.300 e. The van der Waals surface area contributed by atoms with Crippen LogP contribution in [0.25, 0.3) is 0 Å². The summed E-state index contributed by atoms with van der Waals surface area (Å²) in [6, 6.07) is 0. The molecule has 0 aliphatic carbocycles. The molecule has 0 aromatic carbocycles. The van der Waals surface area contributed by atoms with E-state index < -0.39 is 0 Å². The number of carbonyl (C=O) groups excluding carboxylic acids is 2. The maximum absolute atomic E-state index is 11.1. The van der Waals surface area contributed by atoms with Gasteiger partial charge in [-0.3, -0.25) is 4.79 Å². The van der Waals surface area contributed by atoms with Crippen LogP contribution in [0, 0.1) is 0 Å². The molecule has 1 atom stereocenters. The van der Waals surface area contributed by atoms with Crippen LogP contribution < -0.4 is 0 Å². The maximum atomic E-state index is 11.1. The van der Waals surface area contributed by atoms with Crippen LogP contribution in [0.5, 0.6) is 0 Å². The lowest BCUT2D eigenvalue weighted by atomic mass is 10.2. The van der Waals surface area contributed by atoms with Crippen molar-refractivity contribution in [2.45, 2.75) is 25.0 Å². The van der Waals surface area contributed by atoms with E-state index in [9.17, 15) is 9.59 Å². The average molecular weight is 204 g/mol. The molecule has 0 spiro atoms. The third kappa shape index (κ3) is 4.83. The van der Waals surface area contributed by atoms with E-state index in [1.54, 1.807) is 0 Å². The van der Waals surface area contributed by atoms with Crippen LogP contribution in [0.15, 0.2) is 0 Å². The van der Waals surface area contributed by atoms with Crippen molar-refractivity contribution in [3.8, 4) is 0 Å². The van der Waals surface area contributed by atoms with Gasteiger partial charge in [-0.2, -0.15) is 11.8 Å². The van der Waals surface area contributed by atoms with Crippen molar-refractivity contribution in [2.75, 3.05) is 11.5 Å². The predicted molar refractivity (Wildman–Crippen MR) is 53.6 cm³/mol. The number of Topliss-reactive ketones (excluding diaryl/α,β-unsaturated/α-hetero) is 1. The Morgan fingerprint density at radius 3 is 2.67 bits per heavy atom. The first-order valence-electron chi connectivity index (χ1n) is 3.95. The largest absolute Gasteiger partial charge is 0.300 e. The van der Waals surface area contributed by atoms with E-state index in [0.29, 0.717) is 18.1 Å². The lowest BCUT2D eigenvalue weighted by Crippen LogP contribution is -2.00. The minimum absolute atomic E-state index is 0.102. The van der Waals surface area contributed by atoms with Gasteiger partial charge in [-0.1, -0.05) is 11.8 Å². The third-order valence-electron chi connectivity index (χ3n) is 1.51. The van der Waals surface area contributed by atoms with Gasteiger partial charge >= 0.3 is 0 Å². The highest BCUT2D eigenvalue weighted by Crippen LogP contribution is 2.33. The molecule has 1 heterocycles. The molecule has 0 aromatic heterocycles. The molecule has 1 rings (SSSR count). The standard InChI is InChI=1S/C8H12O2S2/c1-6(9)2-3-8(10)12-5-7-4-11-7/h7H,2-5H2,1H3. The summed E-state index contributed by atoms with van der Waals surface area (Å²) in [4.78, 5) is 21.6. The van der Waals surface area contributed by atoms with Crippen LogP contribution in [0.1, 0.15) is 19.8 Å². The van der Waals surface area contributed by atoms with E-state index in [1.807, 2.05) is 11.8 Å². The van der Waals surface area contributed by atoms with Crippen LogP contribution in [0.4, 0.5) is 0 Å². The molecule has 1 unspecified atom stereocenters. The Morgan fingerprint density at radius 2 is 2.17 bits per heavy atom. The van der Waals surface area contributed by atoms with Crippen LogP contribution in [0.3, 0.4) is 0 Å². The number of hydrogen-bond donors (Lipinski definition) is 0. The van der Waals surface area contributed by atoms with Crippen molar-refractivity contribution in [3.63, 3.8) is 0 Å². The number of rotatable bonds is 5. The van der Waals surface area contributed by atoms with Crippen LogP contribution in [-0.2, 0) is 9.59 Å². The zero-order chi connectivity index (χ0) is 8.97. The van der Waals surface area contributed by atoms with Crippen molar-refractivity contribution < 1.29 is 9.59 Å². The monoisotopic (exact) mass is 204 g/mol. The fourth-order valence-electron chi connectivity index (χ4n) is 0.700. The molecule has 4 heteroatoms. The Hall–Kier alpha value is 0.0400. The molecule has 0 bridgehead atoms. The van der Waals surface area contributed by atoms with E-state index in [2.05, 4.69) is 0 Å². The molecule has 12 heavy (non-hydrogen) atoms. The van der Waals surface area contributed by atoms with Gasteiger partial charge in [0.15, 0.2) is 5.12 Å². The summed E-state index contributed by atoms with van der Waals surface area (Å²) in [5.74, 6) is 2.23. The Kier molecular flexibility index (Phi) is 4.15. The highest BCUT2D eigenvalue weighted by Gasteiger charge is 2.23. The quantitative estimate of drug-likeness (QED) is 0.639. The van der Waals surface area contributed by atoms with E-state index in [4.69, 9.17) is 0 Å². The third-order valence-corrected chi connectivity index (χ3v) is 3.79. The summed E-state index contributed by atoms with van der Waals surface area (Å²) in [6.45, 7) is 1.52. The maximum Gasteiger partial charge on any atom is 0.189 e. The molecular formula is C8H12O2S2. The molecule has 0 amide bonds. The second-order valence-electron chi connectivity index (χ2n) is 2.84. The molecule has 0 N–H and O–H groups in total. The zero-order valence-electron chi connectivity index (χ0n) is 7.04. The highest BCUT2D eigenvalue weighted by molar-refractivity contribution is 8.15. The molecule has 1 saturated heterocycles. The van der Waals surface area contributed by atoms with E-state index in [1.165, 1.54) is 24.4 Å². The molecule has 0 saturated carbocycles. The number of hydrogen-bond acceptors (Lipinski definition) is 4. The molecule has 1 aliphatic heterocycles. The molecule has 68 valence electrons. The predicted octanol–water partition coefficient (Wildman–Crippen LogP) is 1.73. The summed E-state index contributed by atoms with van der Waals surface area (Å²) < 4.78 is 0. The zero-order valence-corrected chi connectivity index (χ0v) is 8.67. The summed E-state index contributed by atoms with van der Waals surface area (Å²) >= 11 is 3.27. The van der Waals surface area contributed by atoms with Gasteiger partial charge in [0.2, 0.25) is 0 Å². The molecule has 1 fully saturated rings. The smallest absolute Gasteiger partial charge is 0.189 e. The van der Waals surface area contributed by atoms with Gasteiger partial charge in [0.25, 0.3) is 0 Å². The van der Waals surface area contributed by atoms with Crippen LogP contribution in [-0.4, -0.2) is 27.7 Å². The van der Waals surface area contributed by atoms with Gasteiger partial charge in [0.1, 0.15) is 5.78 Å². The van der Waals surface area contributed by atoms with Gasteiger partial charge in [0.05, 0.1) is 0 Å². The second-order valence-corrected chi connectivity index (χ2v) is 5.25. The van der Waals surface area contributed by atoms with E-state index in [0.717, 1.165) is 5.75 Å². The summed E-state index contributed by atoms with van der Waals surface area (Å²) in [5, 5.41) is 0.869. The highest BCUT2D eigenvalue weighted by atomic mass is 32.2. The van der Waals surface area contributed by atoms with Crippen molar-refractivity contribution in [1.82, 2.24) is 0 Å². The van der Waals surface area contributed by atoms with Gasteiger partial charge in [-0.15, -0.1) is 0 Å². The van der Waals surface area contributed by atoms with Crippen LogP contribution in [0.2, 0.25) is 0 Å². The van der Waals surface area contributed by atoms with E-state index >= 15 is 0 Å². The first-order valence-corrected chi connectivity index (χ1v) is 5.98. The summed E-state index contributed by atoms with van der Waals surface area (Å²) in [7, 11) is 0. The molecule has 0 radical (unpaired) electrons. The number of carbonyl (C=O) groups is 2. The van der Waals surface area contributed by atoms with Crippen molar-refractivity contribution in [2.24, 2.45) is 0 Å². The average Bonchev–Trinajstić information content (AvgIpc) is 2.80. The molecular weight excluding hydrogens is 192 g/mol. The van der Waals surface area contributed by atoms with Gasteiger partial charge in [0, 0.05) is 29.6 Å². The van der Waals surface area contributed by atoms with Gasteiger partial charge in [-0.05, 0) is 6.92 Å². The van der Waals surface area contributed by atoms with Gasteiger partial charge in [-0.25, -0.2) is 0 Å². The molecule has 0 aromatic rings. The Labute approximate surface area is 80.9 Å². The molecule has 2 nitrogen and oxygen atoms in total. The Morgan fingerprint density at radius 1 is 1.50 bits per heavy atom. The summed E-state index contributed by atoms with van der Waals surface area (Å²) in [5.41, 5.74) is 0. The Bertz CT molecular complexity index is 187. The lowest BCUT2D eigenvalue weighted by Gasteiger charge is -1.96. The van der Waals surface area contributed by atoms with Crippen molar-refractivity contribution in [1.29, 1.82) is 0 Å². The minimum atomic E-state index is 0.102. The van der Waals surface area contributed by atoms with E-state index in [-0.39, 0.29) is 10.9 Å². The first-order chi connectivity index (χ1) is 5.68. The first kappa shape index (κ1) is 10.1. The van der Waals surface area contributed by atoms with Crippen LogP contribution >= 0.6 is 23.5 Å². The topological polar surface area (TPSA) is 34.1 Å². The normalized spacial score (nSPS) is 20.6. The fourth-order valence-corrected chi connectivity index (χ4v) is 2.43. The van der Waals surface area contributed by atoms with Crippen molar-refractivity contribution >= 4 is 34.4 Å². The Balaban J connectivity index is 1.98. The molecule has 1 aliphatic rings. The fraction of sp³-hybridized carbons (Fsp3) is 0.750. The van der Waals surface area contributed by atoms with Crippen molar-refractivity contribution in [3.05, 3.63) is 0 Å². The number of ketones is 1. The SMILES string of the molecule is CC(=O)CCC(=O)SCC1CS1. The second kappa shape index (κ2) is 4.92. The van der Waals surface area contributed by atoms with Gasteiger partial charge < -0.3 is 4.79 Å². The summed E-state index contributed by atoms with van der Waals surface area (Å²) in [6.07, 6.45) is 0.820. The lowest BCUT2D eigenvalue weighted by molar-refractivity contribution is -0.119.